The normalized spacial score (nSPS) is 10.3. The molecule has 0 spiro atoms. The van der Waals surface area contributed by atoms with Crippen molar-refractivity contribution in [1.82, 2.24) is 15.6 Å². The molecule has 1 aromatic carbocycles. The molecule has 8 heteroatoms. The highest BCUT2D eigenvalue weighted by atomic mass is 16.5. The summed E-state index contributed by atoms with van der Waals surface area (Å²) in [7, 11) is 0. The van der Waals surface area contributed by atoms with Gasteiger partial charge in [0, 0.05) is 18.5 Å². The van der Waals surface area contributed by atoms with Gasteiger partial charge in [-0.15, -0.1) is 0 Å². The van der Waals surface area contributed by atoms with E-state index in [0.29, 0.717) is 18.2 Å². The molecule has 2 aromatic rings. The van der Waals surface area contributed by atoms with Gasteiger partial charge >= 0.3 is 12.0 Å². The first kappa shape index (κ1) is 20.2. The van der Waals surface area contributed by atoms with Crippen LogP contribution in [0.5, 0.6) is 0 Å². The molecular formula is C19H23N3O5. The fourth-order valence-electron chi connectivity index (χ4n) is 2.15. The summed E-state index contributed by atoms with van der Waals surface area (Å²) in [6, 6.07) is 7.21. The minimum absolute atomic E-state index is 0.0170. The van der Waals surface area contributed by atoms with Crippen molar-refractivity contribution in [2.24, 2.45) is 0 Å². The smallest absolute Gasteiger partial charge is 0.321 e. The molecule has 0 aliphatic carbocycles. The Balaban J connectivity index is 1.72. The predicted octanol–water partition coefficient (Wildman–Crippen LogP) is 2.36. The summed E-state index contributed by atoms with van der Waals surface area (Å²) in [6.45, 7) is 3.83. The molecule has 27 heavy (non-hydrogen) atoms. The highest BCUT2D eigenvalue weighted by Gasteiger charge is 2.13. The van der Waals surface area contributed by atoms with Gasteiger partial charge in [0.2, 0.25) is 0 Å². The molecule has 0 unspecified atom stereocenters. The van der Waals surface area contributed by atoms with Gasteiger partial charge in [-0.2, -0.15) is 0 Å². The molecule has 0 bridgehead atoms. The molecule has 8 nitrogen and oxygen atoms in total. The summed E-state index contributed by atoms with van der Waals surface area (Å²) in [5, 5.41) is 4.56. The Hall–Kier alpha value is -3.16. The number of rotatable bonds is 8. The first-order chi connectivity index (χ1) is 13.0. The fraction of sp³-hybridized carbons (Fsp3) is 0.368. The van der Waals surface area contributed by atoms with Crippen LogP contribution in [0.25, 0.3) is 11.3 Å². The summed E-state index contributed by atoms with van der Waals surface area (Å²) >= 11 is 0. The SMILES string of the molecule is CCCNC(=O)NC(=O)COC(=O)CCc1ncc(-c2ccc(C)cc2)o1. The van der Waals surface area contributed by atoms with E-state index in [0.717, 1.165) is 17.5 Å². The maximum atomic E-state index is 11.7. The minimum atomic E-state index is -0.685. The van der Waals surface area contributed by atoms with Crippen LogP contribution >= 0.6 is 0 Å². The monoisotopic (exact) mass is 373 g/mol. The van der Waals surface area contributed by atoms with Gasteiger partial charge in [0.25, 0.3) is 5.91 Å². The number of amides is 3. The number of aromatic nitrogens is 1. The molecule has 2 rings (SSSR count). The number of carbonyl (C=O) groups excluding carboxylic acids is 3. The molecular weight excluding hydrogens is 350 g/mol. The Bertz CT molecular complexity index is 783. The van der Waals surface area contributed by atoms with Crippen molar-refractivity contribution in [3.63, 3.8) is 0 Å². The van der Waals surface area contributed by atoms with Crippen LogP contribution in [0.2, 0.25) is 0 Å². The van der Waals surface area contributed by atoms with E-state index < -0.39 is 24.5 Å². The van der Waals surface area contributed by atoms with Crippen LogP contribution in [0.3, 0.4) is 0 Å². The number of hydrogen-bond donors (Lipinski definition) is 2. The summed E-state index contributed by atoms with van der Waals surface area (Å²) in [5.41, 5.74) is 2.05. The number of urea groups is 1. The van der Waals surface area contributed by atoms with Crippen molar-refractivity contribution in [3.05, 3.63) is 41.9 Å². The number of benzene rings is 1. The second-order valence-corrected chi connectivity index (χ2v) is 5.95. The lowest BCUT2D eigenvalue weighted by molar-refractivity contribution is -0.148. The second-order valence-electron chi connectivity index (χ2n) is 5.95. The topological polar surface area (TPSA) is 111 Å². The molecule has 0 atom stereocenters. The fourth-order valence-corrected chi connectivity index (χ4v) is 2.15. The number of ether oxygens (including phenoxy) is 1. The van der Waals surface area contributed by atoms with Crippen molar-refractivity contribution in [3.8, 4) is 11.3 Å². The van der Waals surface area contributed by atoms with E-state index in [4.69, 9.17) is 9.15 Å². The van der Waals surface area contributed by atoms with Crippen LogP contribution in [0.4, 0.5) is 4.79 Å². The number of hydrogen-bond acceptors (Lipinski definition) is 6. The van der Waals surface area contributed by atoms with Gasteiger partial charge < -0.3 is 14.5 Å². The Morgan fingerprint density at radius 3 is 2.63 bits per heavy atom. The highest BCUT2D eigenvalue weighted by molar-refractivity contribution is 5.95. The van der Waals surface area contributed by atoms with Gasteiger partial charge in [0.15, 0.2) is 18.3 Å². The van der Waals surface area contributed by atoms with Crippen molar-refractivity contribution >= 4 is 17.9 Å². The van der Waals surface area contributed by atoms with Crippen LogP contribution in [-0.2, 0) is 20.7 Å². The maximum Gasteiger partial charge on any atom is 0.321 e. The van der Waals surface area contributed by atoms with Crippen molar-refractivity contribution < 1.29 is 23.5 Å². The number of esters is 1. The third-order valence-corrected chi connectivity index (χ3v) is 3.59. The highest BCUT2D eigenvalue weighted by Crippen LogP contribution is 2.21. The number of nitrogens with one attached hydrogen (secondary N) is 2. The zero-order valence-corrected chi connectivity index (χ0v) is 15.4. The summed E-state index contributed by atoms with van der Waals surface area (Å²) < 4.78 is 10.5. The summed E-state index contributed by atoms with van der Waals surface area (Å²) in [4.78, 5) is 38.7. The van der Waals surface area contributed by atoms with Crippen LogP contribution in [0.15, 0.2) is 34.9 Å². The van der Waals surface area contributed by atoms with Gasteiger partial charge in [-0.3, -0.25) is 14.9 Å². The van der Waals surface area contributed by atoms with Crippen LogP contribution in [-0.4, -0.2) is 36.0 Å². The van der Waals surface area contributed by atoms with E-state index in [1.165, 1.54) is 0 Å². The largest absolute Gasteiger partial charge is 0.456 e. The number of nitrogens with zero attached hydrogens (tertiary/aromatic N) is 1. The van der Waals surface area contributed by atoms with E-state index in [-0.39, 0.29) is 12.8 Å². The van der Waals surface area contributed by atoms with Gasteiger partial charge in [-0.25, -0.2) is 9.78 Å². The Kier molecular flexibility index (Phi) is 7.54. The Morgan fingerprint density at radius 1 is 1.19 bits per heavy atom. The van der Waals surface area contributed by atoms with E-state index in [1.54, 1.807) is 6.20 Å². The van der Waals surface area contributed by atoms with Gasteiger partial charge in [-0.05, 0) is 13.3 Å². The van der Waals surface area contributed by atoms with E-state index >= 15 is 0 Å². The zero-order chi connectivity index (χ0) is 19.6. The Morgan fingerprint density at radius 2 is 1.93 bits per heavy atom. The molecule has 144 valence electrons. The van der Waals surface area contributed by atoms with Crippen molar-refractivity contribution in [2.75, 3.05) is 13.2 Å². The van der Waals surface area contributed by atoms with E-state index in [9.17, 15) is 14.4 Å². The number of aryl methyl sites for hydroxylation is 2. The lowest BCUT2D eigenvalue weighted by atomic mass is 10.1. The van der Waals surface area contributed by atoms with Crippen molar-refractivity contribution in [1.29, 1.82) is 0 Å². The average Bonchev–Trinajstić information content (AvgIpc) is 3.12. The third-order valence-electron chi connectivity index (χ3n) is 3.59. The first-order valence-corrected chi connectivity index (χ1v) is 8.73. The number of oxazole rings is 1. The molecule has 0 aliphatic heterocycles. The lowest BCUT2D eigenvalue weighted by Crippen LogP contribution is -2.41. The first-order valence-electron chi connectivity index (χ1n) is 8.73. The van der Waals surface area contributed by atoms with E-state index in [2.05, 4.69) is 15.6 Å². The molecule has 0 fully saturated rings. The number of carbonyl (C=O) groups is 3. The summed E-state index contributed by atoms with van der Waals surface area (Å²) in [5.74, 6) is -0.231. The van der Waals surface area contributed by atoms with Crippen molar-refractivity contribution in [2.45, 2.75) is 33.1 Å². The quantitative estimate of drug-likeness (QED) is 0.687. The van der Waals surface area contributed by atoms with Crippen LogP contribution in [0.1, 0.15) is 31.2 Å². The summed E-state index contributed by atoms with van der Waals surface area (Å²) in [6.07, 6.45) is 2.63. The Labute approximate surface area is 157 Å². The van der Waals surface area contributed by atoms with Gasteiger partial charge in [0.1, 0.15) is 0 Å². The zero-order valence-electron chi connectivity index (χ0n) is 15.4. The lowest BCUT2D eigenvalue weighted by Gasteiger charge is -2.06. The molecule has 3 amide bonds. The van der Waals surface area contributed by atoms with Crippen LogP contribution in [0, 0.1) is 6.92 Å². The molecule has 1 heterocycles. The molecule has 2 N–H and O–H groups in total. The van der Waals surface area contributed by atoms with E-state index in [1.807, 2.05) is 38.1 Å². The number of imide groups is 1. The third kappa shape index (κ3) is 6.93. The standard InChI is InChI=1S/C19H23N3O5/c1-3-10-20-19(25)22-16(23)12-26-18(24)9-8-17-21-11-15(27-17)14-6-4-13(2)5-7-14/h4-7,11H,3,8-10,12H2,1-2H3,(H2,20,22,23,25). The molecule has 0 saturated heterocycles. The van der Waals surface area contributed by atoms with Crippen LogP contribution < -0.4 is 10.6 Å². The molecule has 0 radical (unpaired) electrons. The minimum Gasteiger partial charge on any atom is -0.456 e. The van der Waals surface area contributed by atoms with Gasteiger partial charge in [-0.1, -0.05) is 36.8 Å². The maximum absolute atomic E-state index is 11.7. The molecule has 0 saturated carbocycles. The molecule has 0 aliphatic rings. The predicted molar refractivity (Wildman–Crippen MR) is 97.8 cm³/mol. The molecule has 1 aromatic heterocycles. The van der Waals surface area contributed by atoms with Gasteiger partial charge in [0.05, 0.1) is 12.6 Å². The average molecular weight is 373 g/mol. The second kappa shape index (κ2) is 10.1.